The molecule has 2 aromatic rings. The number of carbonyl (C=O) groups is 2. The lowest BCUT2D eigenvalue weighted by molar-refractivity contribution is -0.137. The zero-order chi connectivity index (χ0) is 17.5. The first-order valence-electron chi connectivity index (χ1n) is 7.34. The van der Waals surface area contributed by atoms with Crippen LogP contribution in [0.4, 0.5) is 0 Å². The van der Waals surface area contributed by atoms with Crippen molar-refractivity contribution in [3.05, 3.63) is 59.7 Å². The van der Waals surface area contributed by atoms with Gasteiger partial charge in [-0.05, 0) is 42.0 Å². The van der Waals surface area contributed by atoms with E-state index in [-0.39, 0.29) is 12.3 Å². The Morgan fingerprint density at radius 1 is 0.958 bits per heavy atom. The van der Waals surface area contributed by atoms with E-state index in [1.54, 1.807) is 62.8 Å². The molecule has 0 fully saturated rings. The Morgan fingerprint density at radius 2 is 1.46 bits per heavy atom. The van der Waals surface area contributed by atoms with E-state index in [1.807, 2.05) is 0 Å². The van der Waals surface area contributed by atoms with Gasteiger partial charge in [0.1, 0.15) is 11.5 Å². The Morgan fingerprint density at radius 3 is 1.92 bits per heavy atom. The van der Waals surface area contributed by atoms with E-state index in [9.17, 15) is 9.59 Å². The Bertz CT molecular complexity index is 694. The molecule has 6 nitrogen and oxygen atoms in total. The van der Waals surface area contributed by atoms with Gasteiger partial charge in [0.05, 0.1) is 26.7 Å². The van der Waals surface area contributed by atoms with Gasteiger partial charge in [-0.1, -0.05) is 12.1 Å². The van der Waals surface area contributed by atoms with Crippen molar-refractivity contribution in [2.75, 3.05) is 14.2 Å². The number of carboxylic acid groups (broad SMARTS) is 1. The predicted octanol–water partition coefficient (Wildman–Crippen LogP) is 2.65. The summed E-state index contributed by atoms with van der Waals surface area (Å²) in [6, 6.07) is 12.9. The molecule has 2 rings (SSSR count). The quantitative estimate of drug-likeness (QED) is 0.816. The van der Waals surface area contributed by atoms with Crippen LogP contribution in [0.5, 0.6) is 11.5 Å². The van der Waals surface area contributed by atoms with Crippen LogP contribution in [0.15, 0.2) is 48.5 Å². The minimum Gasteiger partial charge on any atom is -0.497 e. The third-order valence-corrected chi connectivity index (χ3v) is 3.55. The number of nitrogens with one attached hydrogen (secondary N) is 1. The molecule has 0 heterocycles. The molecule has 1 amide bonds. The summed E-state index contributed by atoms with van der Waals surface area (Å²) in [6.45, 7) is 0. The van der Waals surface area contributed by atoms with Gasteiger partial charge >= 0.3 is 5.97 Å². The summed E-state index contributed by atoms with van der Waals surface area (Å²) in [5, 5.41) is 11.9. The first-order chi connectivity index (χ1) is 11.5. The van der Waals surface area contributed by atoms with Crippen molar-refractivity contribution in [1.82, 2.24) is 5.32 Å². The Labute approximate surface area is 140 Å². The zero-order valence-corrected chi connectivity index (χ0v) is 13.5. The van der Waals surface area contributed by atoms with E-state index in [0.29, 0.717) is 22.6 Å². The number of hydrogen-bond donors (Lipinski definition) is 2. The molecule has 0 aliphatic carbocycles. The molecule has 1 atom stereocenters. The lowest BCUT2D eigenvalue weighted by atomic mass is 10.0. The highest BCUT2D eigenvalue weighted by Crippen LogP contribution is 2.21. The van der Waals surface area contributed by atoms with E-state index < -0.39 is 12.0 Å². The van der Waals surface area contributed by atoms with Crippen LogP contribution < -0.4 is 14.8 Å². The summed E-state index contributed by atoms with van der Waals surface area (Å²) < 4.78 is 10.1. The van der Waals surface area contributed by atoms with E-state index in [0.717, 1.165) is 0 Å². The van der Waals surface area contributed by atoms with E-state index in [2.05, 4.69) is 5.32 Å². The largest absolute Gasteiger partial charge is 0.497 e. The molecule has 0 spiro atoms. The molecule has 0 unspecified atom stereocenters. The second-order valence-corrected chi connectivity index (χ2v) is 5.13. The van der Waals surface area contributed by atoms with Crippen molar-refractivity contribution in [3.63, 3.8) is 0 Å². The van der Waals surface area contributed by atoms with Crippen LogP contribution >= 0.6 is 0 Å². The maximum Gasteiger partial charge on any atom is 0.305 e. The Hall–Kier alpha value is -3.02. The normalized spacial score (nSPS) is 11.4. The maximum atomic E-state index is 12.4. The second kappa shape index (κ2) is 8.01. The number of aliphatic carboxylic acids is 1. The monoisotopic (exact) mass is 329 g/mol. The molecule has 24 heavy (non-hydrogen) atoms. The van der Waals surface area contributed by atoms with Crippen LogP contribution in [0.1, 0.15) is 28.4 Å². The lowest BCUT2D eigenvalue weighted by Crippen LogP contribution is -2.30. The minimum atomic E-state index is -0.995. The predicted molar refractivity (Wildman–Crippen MR) is 88.4 cm³/mol. The molecule has 0 bridgehead atoms. The van der Waals surface area contributed by atoms with Gasteiger partial charge in [-0.2, -0.15) is 0 Å². The first-order valence-corrected chi connectivity index (χ1v) is 7.34. The maximum absolute atomic E-state index is 12.4. The van der Waals surface area contributed by atoms with Crippen molar-refractivity contribution in [2.45, 2.75) is 12.5 Å². The zero-order valence-electron chi connectivity index (χ0n) is 13.5. The van der Waals surface area contributed by atoms with Crippen LogP contribution in [0, 0.1) is 0 Å². The fourth-order valence-electron chi connectivity index (χ4n) is 2.25. The van der Waals surface area contributed by atoms with E-state index >= 15 is 0 Å². The number of carbonyl (C=O) groups excluding carboxylic acids is 1. The van der Waals surface area contributed by atoms with Crippen molar-refractivity contribution in [3.8, 4) is 11.5 Å². The third kappa shape index (κ3) is 4.49. The highest BCUT2D eigenvalue weighted by atomic mass is 16.5. The van der Waals surface area contributed by atoms with Crippen molar-refractivity contribution >= 4 is 11.9 Å². The van der Waals surface area contributed by atoms with Gasteiger partial charge in [-0.15, -0.1) is 0 Å². The second-order valence-electron chi connectivity index (χ2n) is 5.13. The van der Waals surface area contributed by atoms with Crippen molar-refractivity contribution in [2.24, 2.45) is 0 Å². The Balaban J connectivity index is 2.17. The topological polar surface area (TPSA) is 84.9 Å². The number of ether oxygens (including phenoxy) is 2. The molecule has 2 N–H and O–H groups in total. The van der Waals surface area contributed by atoms with Crippen molar-refractivity contribution < 1.29 is 24.2 Å². The van der Waals surface area contributed by atoms with Crippen molar-refractivity contribution in [1.29, 1.82) is 0 Å². The van der Waals surface area contributed by atoms with Crippen LogP contribution in [-0.4, -0.2) is 31.2 Å². The van der Waals surface area contributed by atoms with E-state index in [1.165, 1.54) is 0 Å². The van der Waals surface area contributed by atoms with Crippen LogP contribution in [0.25, 0.3) is 0 Å². The first kappa shape index (κ1) is 17.3. The summed E-state index contributed by atoms with van der Waals surface area (Å²) in [6.07, 6.45) is -0.214. The number of carboxylic acids is 1. The molecule has 2 aromatic carbocycles. The SMILES string of the molecule is COc1ccc(C(=O)N[C@H](CC(=O)O)c2ccc(OC)cc2)cc1. The summed E-state index contributed by atoms with van der Waals surface area (Å²) in [4.78, 5) is 23.5. The van der Waals surface area contributed by atoms with Crippen LogP contribution in [0.3, 0.4) is 0 Å². The average Bonchev–Trinajstić information content (AvgIpc) is 2.61. The smallest absolute Gasteiger partial charge is 0.305 e. The summed E-state index contributed by atoms with van der Waals surface area (Å²) in [7, 11) is 3.09. The molecule has 0 aliphatic heterocycles. The standard InChI is InChI=1S/C18H19NO5/c1-23-14-7-3-12(4-8-14)16(11-17(20)21)19-18(22)13-5-9-15(24-2)10-6-13/h3-10,16H,11H2,1-2H3,(H,19,22)(H,20,21)/t16-/m1/s1. The van der Waals surface area contributed by atoms with Gasteiger partial charge in [-0.3, -0.25) is 9.59 Å². The molecule has 0 saturated heterocycles. The summed E-state index contributed by atoms with van der Waals surface area (Å²) in [5.41, 5.74) is 1.12. The average molecular weight is 329 g/mol. The fourth-order valence-corrected chi connectivity index (χ4v) is 2.25. The number of benzene rings is 2. The van der Waals surface area contributed by atoms with Gasteiger partial charge in [0.25, 0.3) is 5.91 Å². The number of rotatable bonds is 7. The highest BCUT2D eigenvalue weighted by Gasteiger charge is 2.19. The molecule has 0 aromatic heterocycles. The highest BCUT2D eigenvalue weighted by molar-refractivity contribution is 5.94. The number of methoxy groups -OCH3 is 2. The summed E-state index contributed by atoms with van der Waals surface area (Å²) >= 11 is 0. The molecule has 126 valence electrons. The summed E-state index contributed by atoms with van der Waals surface area (Å²) in [5.74, 6) is -0.0383. The van der Waals surface area contributed by atoms with Crippen LogP contribution in [0.2, 0.25) is 0 Å². The molecule has 0 aliphatic rings. The Kier molecular flexibility index (Phi) is 5.78. The fraction of sp³-hybridized carbons (Fsp3) is 0.222. The van der Waals surface area contributed by atoms with Gasteiger partial charge in [0.15, 0.2) is 0 Å². The molecule has 0 radical (unpaired) electrons. The van der Waals surface area contributed by atoms with Gasteiger partial charge in [-0.25, -0.2) is 0 Å². The molecule has 6 heteroatoms. The van der Waals surface area contributed by atoms with E-state index in [4.69, 9.17) is 14.6 Å². The number of amides is 1. The lowest BCUT2D eigenvalue weighted by Gasteiger charge is -2.18. The minimum absolute atomic E-state index is 0.214. The molecular weight excluding hydrogens is 310 g/mol. The van der Waals surface area contributed by atoms with Gasteiger partial charge in [0.2, 0.25) is 0 Å². The number of hydrogen-bond acceptors (Lipinski definition) is 4. The van der Waals surface area contributed by atoms with Crippen LogP contribution in [-0.2, 0) is 4.79 Å². The molecular formula is C18H19NO5. The molecule has 0 saturated carbocycles. The third-order valence-electron chi connectivity index (χ3n) is 3.55. The van der Waals surface area contributed by atoms with Gasteiger partial charge in [0, 0.05) is 5.56 Å². The van der Waals surface area contributed by atoms with Gasteiger partial charge < -0.3 is 19.9 Å².